The predicted octanol–water partition coefficient (Wildman–Crippen LogP) is 4.37. The van der Waals surface area contributed by atoms with Crippen molar-refractivity contribution < 1.29 is 19.2 Å². The molecule has 0 amide bonds. The van der Waals surface area contributed by atoms with Gasteiger partial charge in [-0.05, 0) is 36.8 Å². The molecule has 0 bridgehead atoms. The van der Waals surface area contributed by atoms with Gasteiger partial charge in [0.05, 0.1) is 5.92 Å². The van der Waals surface area contributed by atoms with E-state index in [0.717, 1.165) is 15.4 Å². The number of nitrogens with one attached hydrogen (secondary N) is 1. The summed E-state index contributed by atoms with van der Waals surface area (Å²) in [4.78, 5) is 39.7. The van der Waals surface area contributed by atoms with Gasteiger partial charge >= 0.3 is 11.5 Å². The minimum absolute atomic E-state index is 0.0964. The Morgan fingerprint density at radius 3 is 2.76 bits per heavy atom. The predicted molar refractivity (Wildman–Crippen MR) is 110 cm³/mol. The van der Waals surface area contributed by atoms with Gasteiger partial charge in [0.25, 0.3) is 0 Å². The number of nitrogens with zero attached hydrogens (tertiary/aromatic N) is 1. The molecule has 2 aromatic carbocycles. The summed E-state index contributed by atoms with van der Waals surface area (Å²) in [6.45, 7) is 1.35. The molecule has 0 saturated carbocycles. The molecule has 0 radical (unpaired) electrons. The van der Waals surface area contributed by atoms with E-state index in [4.69, 9.17) is 4.74 Å². The molecular weight excluding hydrogens is 440 g/mol. The molecule has 7 nitrogen and oxygen atoms in total. The summed E-state index contributed by atoms with van der Waals surface area (Å²) >= 11 is 3.44. The number of hydrogen-bond acceptors (Lipinski definition) is 5. The maximum absolute atomic E-state index is 13.0. The third kappa shape index (κ3) is 3.04. The van der Waals surface area contributed by atoms with Crippen LogP contribution in [0, 0.1) is 10.1 Å². The number of ketones is 1. The molecule has 3 aromatic rings. The lowest BCUT2D eigenvalue weighted by Gasteiger charge is -2.35. The first kappa shape index (κ1) is 19.3. The summed E-state index contributed by atoms with van der Waals surface area (Å²) in [6.07, 6.45) is 1.36. The van der Waals surface area contributed by atoms with Gasteiger partial charge in [-0.25, -0.2) is 4.79 Å². The van der Waals surface area contributed by atoms with E-state index >= 15 is 0 Å². The molecule has 0 aliphatic carbocycles. The zero-order valence-corrected chi connectivity index (χ0v) is 17.1. The van der Waals surface area contributed by atoms with Gasteiger partial charge in [0, 0.05) is 44.9 Å². The molecule has 4 rings (SSSR count). The second-order valence-corrected chi connectivity index (χ2v) is 8.09. The lowest BCUT2D eigenvalue weighted by Crippen LogP contribution is -2.56. The van der Waals surface area contributed by atoms with Crippen LogP contribution >= 0.6 is 15.9 Å². The minimum Gasteiger partial charge on any atom is -0.421 e. The molecule has 2 atom stereocenters. The summed E-state index contributed by atoms with van der Waals surface area (Å²) in [5, 5.41) is 13.2. The molecule has 1 aliphatic heterocycles. The van der Waals surface area contributed by atoms with Crippen LogP contribution < -0.4 is 4.74 Å². The highest BCUT2D eigenvalue weighted by Gasteiger charge is 2.63. The van der Waals surface area contributed by atoms with Crippen molar-refractivity contribution in [3.05, 3.63) is 74.4 Å². The molecule has 29 heavy (non-hydrogen) atoms. The van der Waals surface area contributed by atoms with Gasteiger partial charge in [-0.15, -0.1) is 0 Å². The molecule has 148 valence electrons. The number of nitro groups is 1. The Morgan fingerprint density at radius 2 is 2.03 bits per heavy atom. The number of ether oxygens (including phenoxy) is 1. The third-order valence-corrected chi connectivity index (χ3v) is 5.93. The zero-order chi connectivity index (χ0) is 20.8. The van der Waals surface area contributed by atoms with Gasteiger partial charge in [0.1, 0.15) is 11.5 Å². The van der Waals surface area contributed by atoms with Crippen LogP contribution in [0.1, 0.15) is 36.8 Å². The van der Waals surface area contributed by atoms with Crippen molar-refractivity contribution in [1.82, 2.24) is 4.98 Å². The molecule has 1 N–H and O–H groups in total. The number of benzene rings is 2. The van der Waals surface area contributed by atoms with Crippen LogP contribution in [0.2, 0.25) is 0 Å². The Kier molecular flexibility index (Phi) is 4.74. The van der Waals surface area contributed by atoms with Crippen molar-refractivity contribution in [2.75, 3.05) is 0 Å². The number of carbonyl (C=O) groups excluding carboxylic acids is 2. The first-order valence-corrected chi connectivity index (χ1v) is 9.85. The van der Waals surface area contributed by atoms with Crippen LogP contribution in [0.3, 0.4) is 0 Å². The monoisotopic (exact) mass is 456 g/mol. The number of halogens is 1. The molecule has 0 fully saturated rings. The highest BCUT2D eigenvalue weighted by molar-refractivity contribution is 9.10. The number of aromatic nitrogens is 1. The van der Waals surface area contributed by atoms with E-state index in [0.29, 0.717) is 16.9 Å². The summed E-state index contributed by atoms with van der Waals surface area (Å²) in [7, 11) is 0. The van der Waals surface area contributed by atoms with E-state index in [1.54, 1.807) is 30.5 Å². The maximum Gasteiger partial charge on any atom is 0.391 e. The van der Waals surface area contributed by atoms with Crippen molar-refractivity contribution >= 4 is 38.6 Å². The second-order valence-electron chi connectivity index (χ2n) is 7.18. The normalized spacial score (nSPS) is 20.9. The SMILES string of the molecule is CC(=O)CC[C@]1([N+](=O)[O-])C(=O)Oc2ccccc2[C@H]1c1c[nH]c2ccc(Br)cc12. The summed E-state index contributed by atoms with van der Waals surface area (Å²) in [5.41, 5.74) is -0.139. The van der Waals surface area contributed by atoms with Gasteiger partial charge in [-0.1, -0.05) is 34.1 Å². The van der Waals surface area contributed by atoms with Gasteiger partial charge in [-0.3, -0.25) is 10.1 Å². The average Bonchev–Trinajstić information content (AvgIpc) is 3.08. The number of rotatable bonds is 5. The van der Waals surface area contributed by atoms with Crippen LogP contribution in [-0.4, -0.2) is 27.2 Å². The summed E-state index contributed by atoms with van der Waals surface area (Å²) in [6, 6.07) is 12.4. The fourth-order valence-electron chi connectivity index (χ4n) is 4.04. The quantitative estimate of drug-likeness (QED) is 0.265. The van der Waals surface area contributed by atoms with Crippen molar-refractivity contribution in [3.8, 4) is 5.75 Å². The number of fused-ring (bicyclic) bond motifs is 2. The minimum atomic E-state index is -2.10. The van der Waals surface area contributed by atoms with E-state index in [9.17, 15) is 19.7 Å². The topological polar surface area (TPSA) is 102 Å². The Bertz CT molecular complexity index is 1150. The number of para-hydroxylation sites is 1. The Morgan fingerprint density at radius 1 is 1.28 bits per heavy atom. The Labute approximate surface area is 174 Å². The number of hydrogen-bond donors (Lipinski definition) is 1. The van der Waals surface area contributed by atoms with E-state index in [1.807, 2.05) is 18.2 Å². The average molecular weight is 457 g/mol. The van der Waals surface area contributed by atoms with Crippen LogP contribution in [-0.2, 0) is 9.59 Å². The molecule has 1 aromatic heterocycles. The fourth-order valence-corrected chi connectivity index (χ4v) is 4.40. The summed E-state index contributed by atoms with van der Waals surface area (Å²) < 4.78 is 6.21. The van der Waals surface area contributed by atoms with Crippen LogP contribution in [0.15, 0.2) is 53.1 Å². The number of esters is 1. The van der Waals surface area contributed by atoms with Crippen molar-refractivity contribution in [1.29, 1.82) is 0 Å². The highest BCUT2D eigenvalue weighted by Crippen LogP contribution is 2.49. The lowest BCUT2D eigenvalue weighted by molar-refractivity contribution is -0.559. The fraction of sp³-hybridized carbons (Fsp3) is 0.238. The van der Waals surface area contributed by atoms with Gasteiger partial charge in [0.15, 0.2) is 0 Å². The number of Topliss-reactive ketones (excluding diaryl/α,β-unsaturated/α-hetero) is 1. The van der Waals surface area contributed by atoms with Crippen molar-refractivity contribution in [3.63, 3.8) is 0 Å². The van der Waals surface area contributed by atoms with Gasteiger partial charge in [-0.2, -0.15) is 0 Å². The first-order valence-electron chi connectivity index (χ1n) is 9.06. The molecule has 0 saturated heterocycles. The van der Waals surface area contributed by atoms with Gasteiger partial charge in [0.2, 0.25) is 0 Å². The van der Waals surface area contributed by atoms with Crippen molar-refractivity contribution in [2.45, 2.75) is 31.2 Å². The molecule has 0 unspecified atom stereocenters. The van der Waals surface area contributed by atoms with E-state index in [-0.39, 0.29) is 18.6 Å². The first-order chi connectivity index (χ1) is 13.8. The summed E-state index contributed by atoms with van der Waals surface area (Å²) in [5.74, 6) is -1.78. The standard InChI is InChI=1S/C21H17BrN2O5/c1-12(25)8-9-21(24(27)28)19(14-4-2-3-5-18(14)29-20(21)26)16-11-23-17-7-6-13(22)10-15(16)17/h2-7,10-11,19,23H,8-9H2,1H3/t19-,21+/m0/s1. The smallest absolute Gasteiger partial charge is 0.391 e. The van der Waals surface area contributed by atoms with Gasteiger partial charge < -0.3 is 14.5 Å². The van der Waals surface area contributed by atoms with Crippen LogP contribution in [0.25, 0.3) is 10.9 Å². The lowest BCUT2D eigenvalue weighted by atomic mass is 9.71. The number of H-pyrrole nitrogens is 1. The molecular formula is C21H17BrN2O5. The third-order valence-electron chi connectivity index (χ3n) is 5.43. The highest BCUT2D eigenvalue weighted by atomic mass is 79.9. The Hall–Kier alpha value is -3.00. The van der Waals surface area contributed by atoms with E-state index in [2.05, 4.69) is 20.9 Å². The largest absolute Gasteiger partial charge is 0.421 e. The Balaban J connectivity index is 2.03. The second kappa shape index (κ2) is 7.11. The molecule has 1 aliphatic rings. The maximum atomic E-state index is 13.0. The zero-order valence-electron chi connectivity index (χ0n) is 15.5. The molecule has 0 spiro atoms. The molecule has 8 heteroatoms. The van der Waals surface area contributed by atoms with Crippen molar-refractivity contribution in [2.24, 2.45) is 0 Å². The number of carbonyl (C=O) groups is 2. The number of aromatic amines is 1. The van der Waals surface area contributed by atoms with E-state index < -0.39 is 22.3 Å². The van der Waals surface area contributed by atoms with Crippen LogP contribution in [0.4, 0.5) is 0 Å². The van der Waals surface area contributed by atoms with Crippen LogP contribution in [0.5, 0.6) is 5.75 Å². The molecule has 2 heterocycles. The van der Waals surface area contributed by atoms with E-state index in [1.165, 1.54) is 6.92 Å².